The van der Waals surface area contributed by atoms with E-state index in [9.17, 15) is 9.59 Å². The minimum absolute atomic E-state index is 0.129. The van der Waals surface area contributed by atoms with Crippen molar-refractivity contribution in [3.63, 3.8) is 0 Å². The minimum Gasteiger partial charge on any atom is -0.495 e. The Morgan fingerprint density at radius 3 is 2.58 bits per heavy atom. The molecular formula is C17H15ClN2O3S. The molecule has 0 aromatic heterocycles. The van der Waals surface area contributed by atoms with Crippen LogP contribution in [0, 0.1) is 0 Å². The summed E-state index contributed by atoms with van der Waals surface area (Å²) in [4.78, 5) is 27.2. The quantitative estimate of drug-likeness (QED) is 0.667. The average Bonchev–Trinajstić information content (AvgIpc) is 2.83. The molecule has 1 aliphatic heterocycles. The first-order chi connectivity index (χ1) is 11.5. The molecule has 0 aliphatic carbocycles. The summed E-state index contributed by atoms with van der Waals surface area (Å²) in [6.07, 6.45) is 0.129. The molecule has 1 unspecified atom stereocenters. The third kappa shape index (κ3) is 3.20. The molecule has 0 radical (unpaired) electrons. The van der Waals surface area contributed by atoms with Gasteiger partial charge in [0.25, 0.3) is 0 Å². The van der Waals surface area contributed by atoms with E-state index in [1.807, 2.05) is 12.1 Å². The molecule has 24 heavy (non-hydrogen) atoms. The molecule has 3 rings (SSSR count). The topological polar surface area (TPSA) is 72.6 Å². The van der Waals surface area contributed by atoms with Gasteiger partial charge in [0.05, 0.1) is 18.0 Å². The van der Waals surface area contributed by atoms with Gasteiger partial charge in [0.2, 0.25) is 11.8 Å². The number of anilines is 2. The fourth-order valence-electron chi connectivity index (χ4n) is 2.50. The Kier molecular flexibility index (Phi) is 4.69. The summed E-state index contributed by atoms with van der Waals surface area (Å²) >= 11 is 7.35. The summed E-state index contributed by atoms with van der Waals surface area (Å²) in [5, 5.41) is -0.0501. The van der Waals surface area contributed by atoms with Gasteiger partial charge in [-0.2, -0.15) is 0 Å². The normalized spacial score (nSPS) is 17.4. The molecule has 2 amide bonds. The molecule has 1 saturated heterocycles. The number of amides is 2. The standard InChI is InChI=1S/C17H15ClN2O3S/c1-23-14-7-2-10(18)8-13(14)20-16(21)9-15(17(20)22)24-12-5-3-11(19)4-6-12/h2-8,15H,9,19H2,1H3. The van der Waals surface area contributed by atoms with Crippen molar-refractivity contribution >= 4 is 46.6 Å². The number of imide groups is 1. The lowest BCUT2D eigenvalue weighted by molar-refractivity contribution is -0.121. The number of ether oxygens (including phenoxy) is 1. The SMILES string of the molecule is COc1ccc(Cl)cc1N1C(=O)CC(Sc2ccc(N)cc2)C1=O. The van der Waals surface area contributed by atoms with Gasteiger partial charge >= 0.3 is 0 Å². The zero-order valence-electron chi connectivity index (χ0n) is 12.9. The first kappa shape index (κ1) is 16.7. The molecule has 124 valence electrons. The second-order valence-electron chi connectivity index (χ2n) is 5.26. The average molecular weight is 363 g/mol. The van der Waals surface area contributed by atoms with Crippen LogP contribution in [0.25, 0.3) is 0 Å². The lowest BCUT2D eigenvalue weighted by atomic mass is 10.2. The van der Waals surface area contributed by atoms with Gasteiger partial charge in [-0.05, 0) is 42.5 Å². The first-order valence-corrected chi connectivity index (χ1v) is 8.48. The Balaban J connectivity index is 1.87. The number of thioether (sulfide) groups is 1. The van der Waals surface area contributed by atoms with Crippen LogP contribution >= 0.6 is 23.4 Å². The zero-order chi connectivity index (χ0) is 17.3. The molecule has 0 saturated carbocycles. The van der Waals surface area contributed by atoms with E-state index < -0.39 is 5.25 Å². The van der Waals surface area contributed by atoms with Gasteiger partial charge < -0.3 is 10.5 Å². The number of nitrogens with two attached hydrogens (primary N) is 1. The van der Waals surface area contributed by atoms with Crippen LogP contribution in [0.2, 0.25) is 5.02 Å². The van der Waals surface area contributed by atoms with E-state index in [0.717, 1.165) is 9.80 Å². The molecule has 2 aromatic rings. The highest BCUT2D eigenvalue weighted by Gasteiger charge is 2.41. The summed E-state index contributed by atoms with van der Waals surface area (Å²) in [5.74, 6) is -0.116. The molecule has 1 fully saturated rings. The molecule has 7 heteroatoms. The van der Waals surface area contributed by atoms with Crippen molar-refractivity contribution in [1.82, 2.24) is 0 Å². The lowest BCUT2D eigenvalue weighted by Crippen LogP contribution is -2.31. The minimum atomic E-state index is -0.482. The summed E-state index contributed by atoms with van der Waals surface area (Å²) in [5.41, 5.74) is 6.69. The van der Waals surface area contributed by atoms with Gasteiger partial charge in [-0.15, -0.1) is 11.8 Å². The van der Waals surface area contributed by atoms with Crippen LogP contribution in [0.3, 0.4) is 0 Å². The fraction of sp³-hybridized carbons (Fsp3) is 0.176. The van der Waals surface area contributed by atoms with E-state index in [2.05, 4.69) is 0 Å². The fourth-order valence-corrected chi connectivity index (χ4v) is 3.72. The van der Waals surface area contributed by atoms with E-state index >= 15 is 0 Å². The molecule has 2 aromatic carbocycles. The van der Waals surface area contributed by atoms with Crippen molar-refractivity contribution in [2.75, 3.05) is 17.7 Å². The highest BCUT2D eigenvalue weighted by molar-refractivity contribution is 8.00. The van der Waals surface area contributed by atoms with Gasteiger partial charge in [0, 0.05) is 22.0 Å². The van der Waals surface area contributed by atoms with Crippen LogP contribution < -0.4 is 15.4 Å². The number of benzene rings is 2. The Morgan fingerprint density at radius 1 is 1.21 bits per heavy atom. The van der Waals surface area contributed by atoms with E-state index in [0.29, 0.717) is 22.1 Å². The Labute approximate surface area is 148 Å². The molecule has 1 heterocycles. The number of nitrogens with zero attached hydrogens (tertiary/aromatic N) is 1. The second-order valence-corrected chi connectivity index (χ2v) is 6.98. The maximum atomic E-state index is 12.7. The second kappa shape index (κ2) is 6.75. The summed E-state index contributed by atoms with van der Waals surface area (Å²) in [6.45, 7) is 0. The first-order valence-electron chi connectivity index (χ1n) is 7.22. The van der Waals surface area contributed by atoms with Crippen molar-refractivity contribution in [1.29, 1.82) is 0 Å². The van der Waals surface area contributed by atoms with Gasteiger partial charge in [-0.25, -0.2) is 4.90 Å². The van der Waals surface area contributed by atoms with Gasteiger partial charge in [-0.3, -0.25) is 9.59 Å². The van der Waals surface area contributed by atoms with E-state index in [-0.39, 0.29) is 18.2 Å². The molecule has 0 bridgehead atoms. The van der Waals surface area contributed by atoms with Crippen LogP contribution in [0.4, 0.5) is 11.4 Å². The van der Waals surface area contributed by atoms with Crippen LogP contribution in [0.15, 0.2) is 47.4 Å². The number of halogens is 1. The third-order valence-electron chi connectivity index (χ3n) is 3.65. The Hall–Kier alpha value is -2.18. The van der Waals surface area contributed by atoms with Gasteiger partial charge in [0.1, 0.15) is 5.75 Å². The number of carbonyl (C=O) groups is 2. The molecule has 2 N–H and O–H groups in total. The van der Waals surface area contributed by atoms with Crippen molar-refractivity contribution in [2.45, 2.75) is 16.6 Å². The van der Waals surface area contributed by atoms with Crippen LogP contribution in [0.5, 0.6) is 5.75 Å². The van der Waals surface area contributed by atoms with Crippen LogP contribution in [-0.2, 0) is 9.59 Å². The van der Waals surface area contributed by atoms with Crippen molar-refractivity contribution in [3.8, 4) is 5.75 Å². The maximum Gasteiger partial charge on any atom is 0.247 e. The summed E-state index contributed by atoms with van der Waals surface area (Å²) in [6, 6.07) is 12.0. The van der Waals surface area contributed by atoms with Crippen LogP contribution in [-0.4, -0.2) is 24.2 Å². The number of hydrogen-bond acceptors (Lipinski definition) is 5. The molecule has 1 aliphatic rings. The van der Waals surface area contributed by atoms with E-state index in [1.165, 1.54) is 18.9 Å². The maximum absolute atomic E-state index is 12.7. The van der Waals surface area contributed by atoms with Crippen molar-refractivity contribution in [3.05, 3.63) is 47.5 Å². The van der Waals surface area contributed by atoms with E-state index in [1.54, 1.807) is 30.3 Å². The van der Waals surface area contributed by atoms with E-state index in [4.69, 9.17) is 22.1 Å². The monoisotopic (exact) mass is 362 g/mol. The molecule has 5 nitrogen and oxygen atoms in total. The van der Waals surface area contributed by atoms with Gasteiger partial charge in [-0.1, -0.05) is 11.6 Å². The smallest absolute Gasteiger partial charge is 0.247 e. The third-order valence-corrected chi connectivity index (χ3v) is 5.08. The number of hydrogen-bond donors (Lipinski definition) is 1. The lowest BCUT2D eigenvalue weighted by Gasteiger charge is -2.18. The number of methoxy groups -OCH3 is 1. The predicted molar refractivity (Wildman–Crippen MR) is 95.6 cm³/mol. The predicted octanol–water partition coefficient (Wildman–Crippen LogP) is 3.36. The van der Waals surface area contributed by atoms with Crippen molar-refractivity contribution < 1.29 is 14.3 Å². The molecule has 1 atom stereocenters. The summed E-state index contributed by atoms with van der Waals surface area (Å²) in [7, 11) is 1.48. The summed E-state index contributed by atoms with van der Waals surface area (Å²) < 4.78 is 5.25. The largest absolute Gasteiger partial charge is 0.495 e. The number of rotatable bonds is 4. The Bertz CT molecular complexity index is 795. The van der Waals surface area contributed by atoms with Crippen LogP contribution in [0.1, 0.15) is 6.42 Å². The molecular weight excluding hydrogens is 348 g/mol. The van der Waals surface area contributed by atoms with Gasteiger partial charge in [0.15, 0.2) is 0 Å². The number of carbonyl (C=O) groups excluding carboxylic acids is 2. The highest BCUT2D eigenvalue weighted by Crippen LogP contribution is 2.38. The van der Waals surface area contributed by atoms with Crippen molar-refractivity contribution in [2.24, 2.45) is 0 Å². The zero-order valence-corrected chi connectivity index (χ0v) is 14.4. The highest BCUT2D eigenvalue weighted by atomic mass is 35.5. The molecule has 0 spiro atoms. The Morgan fingerprint density at radius 2 is 1.92 bits per heavy atom. The number of nitrogen functional groups attached to an aromatic ring is 1.